The molecule has 0 saturated carbocycles. The lowest BCUT2D eigenvalue weighted by Crippen LogP contribution is -2.30. The Morgan fingerprint density at radius 2 is 2.00 bits per heavy atom. The summed E-state index contributed by atoms with van der Waals surface area (Å²) >= 11 is 1.50. The van der Waals surface area contributed by atoms with Crippen molar-refractivity contribution in [1.82, 2.24) is 9.88 Å². The SMILES string of the molecule is CC(Oc1cccc(C(=O)Nc2nc3c(s2)CN(C)CC3)c1)C(=O)Nc1ccc(C#N)cc1. The van der Waals surface area contributed by atoms with Gasteiger partial charge in [-0.1, -0.05) is 6.07 Å². The predicted molar refractivity (Wildman–Crippen MR) is 126 cm³/mol. The minimum atomic E-state index is -0.790. The highest BCUT2D eigenvalue weighted by atomic mass is 32.1. The van der Waals surface area contributed by atoms with Crippen molar-refractivity contribution in [3.8, 4) is 11.8 Å². The molecular formula is C24H23N5O3S. The summed E-state index contributed by atoms with van der Waals surface area (Å²) in [6, 6.07) is 15.3. The molecule has 168 valence electrons. The molecule has 2 heterocycles. The average Bonchev–Trinajstić information content (AvgIpc) is 3.21. The summed E-state index contributed by atoms with van der Waals surface area (Å²) in [5, 5.41) is 15.1. The summed E-state index contributed by atoms with van der Waals surface area (Å²) < 4.78 is 5.75. The van der Waals surface area contributed by atoms with Gasteiger partial charge in [-0.15, -0.1) is 11.3 Å². The summed E-state index contributed by atoms with van der Waals surface area (Å²) in [6.45, 7) is 3.43. The Morgan fingerprint density at radius 3 is 2.76 bits per heavy atom. The summed E-state index contributed by atoms with van der Waals surface area (Å²) in [5.74, 6) is -0.215. The molecule has 0 fully saturated rings. The fourth-order valence-corrected chi connectivity index (χ4v) is 4.47. The average molecular weight is 462 g/mol. The number of nitrogens with zero attached hydrogens (tertiary/aromatic N) is 3. The number of aromatic nitrogens is 1. The second-order valence-electron chi connectivity index (χ2n) is 7.80. The molecule has 1 aliphatic heterocycles. The van der Waals surface area contributed by atoms with Crippen molar-refractivity contribution >= 4 is 34.0 Å². The molecule has 33 heavy (non-hydrogen) atoms. The van der Waals surface area contributed by atoms with E-state index in [1.165, 1.54) is 16.2 Å². The van der Waals surface area contributed by atoms with Crippen LogP contribution in [0.15, 0.2) is 48.5 Å². The van der Waals surface area contributed by atoms with Crippen molar-refractivity contribution in [2.24, 2.45) is 0 Å². The fraction of sp³-hybridized carbons (Fsp3) is 0.250. The van der Waals surface area contributed by atoms with E-state index >= 15 is 0 Å². The monoisotopic (exact) mass is 461 g/mol. The van der Waals surface area contributed by atoms with Gasteiger partial charge in [0.05, 0.1) is 17.3 Å². The quantitative estimate of drug-likeness (QED) is 0.580. The van der Waals surface area contributed by atoms with Crippen LogP contribution in [0.5, 0.6) is 5.75 Å². The van der Waals surface area contributed by atoms with Crippen LogP contribution in [0, 0.1) is 11.3 Å². The van der Waals surface area contributed by atoms with Crippen molar-refractivity contribution in [3.63, 3.8) is 0 Å². The van der Waals surface area contributed by atoms with Crippen LogP contribution in [0.3, 0.4) is 0 Å². The molecule has 0 radical (unpaired) electrons. The number of rotatable bonds is 6. The molecule has 2 aromatic carbocycles. The van der Waals surface area contributed by atoms with E-state index in [9.17, 15) is 9.59 Å². The van der Waals surface area contributed by atoms with Gasteiger partial charge >= 0.3 is 0 Å². The second-order valence-corrected chi connectivity index (χ2v) is 8.88. The first kappa shape index (κ1) is 22.5. The first-order chi connectivity index (χ1) is 15.9. The summed E-state index contributed by atoms with van der Waals surface area (Å²) in [4.78, 5) is 33.2. The zero-order valence-corrected chi connectivity index (χ0v) is 19.1. The lowest BCUT2D eigenvalue weighted by atomic mass is 10.2. The van der Waals surface area contributed by atoms with Crippen molar-refractivity contribution in [2.75, 3.05) is 24.2 Å². The van der Waals surface area contributed by atoms with E-state index in [0.717, 1.165) is 25.2 Å². The highest BCUT2D eigenvalue weighted by Gasteiger charge is 2.20. The number of amides is 2. The van der Waals surface area contributed by atoms with Crippen LogP contribution < -0.4 is 15.4 Å². The van der Waals surface area contributed by atoms with Crippen LogP contribution in [0.4, 0.5) is 10.8 Å². The third-order valence-corrected chi connectivity index (χ3v) is 6.20. The van der Waals surface area contributed by atoms with Crippen molar-refractivity contribution in [3.05, 3.63) is 70.2 Å². The lowest BCUT2D eigenvalue weighted by molar-refractivity contribution is -0.122. The number of thiazole rings is 1. The molecule has 3 aromatic rings. The number of hydrogen-bond donors (Lipinski definition) is 2. The summed E-state index contributed by atoms with van der Waals surface area (Å²) in [6.07, 6.45) is 0.0888. The van der Waals surface area contributed by atoms with Crippen molar-refractivity contribution in [1.29, 1.82) is 5.26 Å². The van der Waals surface area contributed by atoms with E-state index in [-0.39, 0.29) is 11.8 Å². The topological polar surface area (TPSA) is 107 Å². The zero-order valence-electron chi connectivity index (χ0n) is 18.3. The molecule has 8 nitrogen and oxygen atoms in total. The number of carbonyl (C=O) groups excluding carboxylic acids is 2. The molecule has 0 spiro atoms. The number of ether oxygens (including phenoxy) is 1. The summed E-state index contributed by atoms with van der Waals surface area (Å²) in [5.41, 5.74) is 2.54. The number of hydrogen-bond acceptors (Lipinski definition) is 7. The van der Waals surface area contributed by atoms with E-state index in [4.69, 9.17) is 10.00 Å². The zero-order chi connectivity index (χ0) is 23.4. The third kappa shape index (κ3) is 5.55. The van der Waals surface area contributed by atoms with Gasteiger partial charge in [0.2, 0.25) is 0 Å². The number of nitrogens with one attached hydrogen (secondary N) is 2. The van der Waals surface area contributed by atoms with Gasteiger partial charge in [0.15, 0.2) is 11.2 Å². The summed E-state index contributed by atoms with van der Waals surface area (Å²) in [7, 11) is 2.07. The highest BCUT2D eigenvalue weighted by Crippen LogP contribution is 2.28. The van der Waals surface area contributed by atoms with Crippen LogP contribution in [-0.4, -0.2) is 41.4 Å². The predicted octanol–water partition coefficient (Wildman–Crippen LogP) is 3.66. The molecule has 0 bridgehead atoms. The lowest BCUT2D eigenvalue weighted by Gasteiger charge is -2.20. The Kier molecular flexibility index (Phi) is 6.68. The van der Waals surface area contributed by atoms with E-state index in [1.807, 2.05) is 6.07 Å². The molecule has 4 rings (SSSR count). The molecule has 2 N–H and O–H groups in total. The standard InChI is InChI=1S/C24H23N5O3S/c1-15(22(30)26-18-8-6-16(13-25)7-9-18)32-19-5-3-4-17(12-19)23(31)28-24-27-20-10-11-29(2)14-21(20)33-24/h3-9,12,15H,10-11,14H2,1-2H3,(H,26,30)(H,27,28,31). The maximum Gasteiger partial charge on any atom is 0.265 e. The molecule has 1 aromatic heterocycles. The van der Waals surface area contributed by atoms with Crippen LogP contribution >= 0.6 is 11.3 Å². The molecule has 1 unspecified atom stereocenters. The molecule has 0 aliphatic carbocycles. The van der Waals surface area contributed by atoms with E-state index in [0.29, 0.717) is 27.7 Å². The Hall–Kier alpha value is -3.74. The largest absolute Gasteiger partial charge is 0.481 e. The van der Waals surface area contributed by atoms with E-state index < -0.39 is 6.10 Å². The van der Waals surface area contributed by atoms with Gasteiger partial charge in [0.25, 0.3) is 11.8 Å². The Balaban J connectivity index is 1.37. The number of carbonyl (C=O) groups is 2. The molecule has 1 atom stereocenters. The maximum atomic E-state index is 12.7. The van der Waals surface area contributed by atoms with Gasteiger partial charge in [-0.3, -0.25) is 14.9 Å². The van der Waals surface area contributed by atoms with Crippen LogP contribution in [0.1, 0.15) is 33.4 Å². The van der Waals surface area contributed by atoms with Crippen molar-refractivity contribution < 1.29 is 14.3 Å². The molecule has 1 aliphatic rings. The van der Waals surface area contributed by atoms with Gasteiger partial charge < -0.3 is 15.0 Å². The molecular weight excluding hydrogens is 438 g/mol. The Morgan fingerprint density at radius 1 is 1.21 bits per heavy atom. The normalized spacial score (nSPS) is 14.0. The first-order valence-electron chi connectivity index (χ1n) is 10.5. The number of likely N-dealkylation sites (N-methyl/N-ethyl adjacent to an activating group) is 1. The molecule has 0 saturated heterocycles. The Bertz CT molecular complexity index is 1220. The Labute approximate surface area is 195 Å². The number of benzene rings is 2. The van der Waals surface area contributed by atoms with Gasteiger partial charge in [-0.2, -0.15) is 5.26 Å². The number of nitriles is 1. The second kappa shape index (κ2) is 9.81. The number of fused-ring (bicyclic) bond motifs is 1. The smallest absolute Gasteiger partial charge is 0.265 e. The highest BCUT2D eigenvalue weighted by molar-refractivity contribution is 7.15. The fourth-order valence-electron chi connectivity index (χ4n) is 3.39. The van der Waals surface area contributed by atoms with Crippen molar-refractivity contribution in [2.45, 2.75) is 26.0 Å². The van der Waals surface area contributed by atoms with Gasteiger partial charge in [0, 0.05) is 35.6 Å². The van der Waals surface area contributed by atoms with Gasteiger partial charge in [-0.05, 0) is 56.4 Å². The third-order valence-electron chi connectivity index (χ3n) is 5.20. The maximum absolute atomic E-state index is 12.7. The first-order valence-corrected chi connectivity index (χ1v) is 11.3. The van der Waals surface area contributed by atoms with E-state index in [1.54, 1.807) is 55.5 Å². The molecule has 9 heteroatoms. The number of anilines is 2. The van der Waals surface area contributed by atoms with Gasteiger partial charge in [-0.25, -0.2) is 4.98 Å². The minimum Gasteiger partial charge on any atom is -0.481 e. The van der Waals surface area contributed by atoms with Gasteiger partial charge in [0.1, 0.15) is 5.75 Å². The molecule has 2 amide bonds. The van der Waals surface area contributed by atoms with Crippen LogP contribution in [0.25, 0.3) is 0 Å². The van der Waals surface area contributed by atoms with Crippen LogP contribution in [0.2, 0.25) is 0 Å². The van der Waals surface area contributed by atoms with E-state index in [2.05, 4.69) is 27.6 Å². The van der Waals surface area contributed by atoms with Crippen LogP contribution in [-0.2, 0) is 17.8 Å². The minimum absolute atomic E-state index is 0.283.